The Balaban J connectivity index is 1.36. The van der Waals surface area contributed by atoms with E-state index in [0.29, 0.717) is 38.8 Å². The summed E-state index contributed by atoms with van der Waals surface area (Å²) in [6.45, 7) is 2.42. The van der Waals surface area contributed by atoms with Crippen LogP contribution >= 0.6 is 0 Å². The maximum absolute atomic E-state index is 12.6. The third-order valence-electron chi connectivity index (χ3n) is 9.32. The molecule has 3 saturated carbocycles. The van der Waals surface area contributed by atoms with E-state index in [1.165, 1.54) is 11.9 Å². The lowest BCUT2D eigenvalue weighted by molar-refractivity contribution is -0.236. The average Bonchev–Trinajstić information content (AvgIpc) is 3.49. The number of allylic oxidation sites excluding steroid dienone is 1. The van der Waals surface area contributed by atoms with E-state index in [1.54, 1.807) is 0 Å². The van der Waals surface area contributed by atoms with E-state index in [4.69, 9.17) is 18.9 Å². The summed E-state index contributed by atoms with van der Waals surface area (Å²) in [6.07, 6.45) is 11.2. The normalized spacial score (nSPS) is 46.8. The monoisotopic (exact) mass is 402 g/mol. The third-order valence-corrected chi connectivity index (χ3v) is 9.32. The molecule has 0 N–H and O–H groups in total. The van der Waals surface area contributed by atoms with Gasteiger partial charge in [0.15, 0.2) is 11.6 Å². The van der Waals surface area contributed by atoms with Crippen molar-refractivity contribution in [1.82, 2.24) is 0 Å². The summed E-state index contributed by atoms with van der Waals surface area (Å²) in [5.41, 5.74) is 0.223. The number of carbonyl (C=O) groups excluding carboxylic acids is 2. The van der Waals surface area contributed by atoms with Crippen LogP contribution < -0.4 is 0 Å². The van der Waals surface area contributed by atoms with Gasteiger partial charge in [-0.2, -0.15) is 0 Å². The van der Waals surface area contributed by atoms with Crippen LogP contribution in [0.15, 0.2) is 11.6 Å². The van der Waals surface area contributed by atoms with Crippen molar-refractivity contribution in [3.8, 4) is 0 Å². The predicted octanol–water partition coefficient (Wildman–Crippen LogP) is 2.79. The molecule has 6 nitrogen and oxygen atoms in total. The Bertz CT molecular complexity index is 748. The number of ether oxygens (including phenoxy) is 4. The predicted molar refractivity (Wildman–Crippen MR) is 102 cm³/mol. The molecule has 4 aliphatic carbocycles. The number of fused-ring (bicyclic) bond motifs is 6. The van der Waals surface area contributed by atoms with Gasteiger partial charge in [0.2, 0.25) is 0 Å². The first-order valence-corrected chi connectivity index (χ1v) is 11.3. The molecule has 2 saturated heterocycles. The molecule has 6 rings (SSSR count). The Morgan fingerprint density at radius 1 is 0.828 bits per heavy atom. The molecule has 0 aromatic rings. The molecule has 0 radical (unpaired) electrons. The van der Waals surface area contributed by atoms with E-state index in [0.717, 1.165) is 51.2 Å². The average molecular weight is 402 g/mol. The Morgan fingerprint density at radius 2 is 1.55 bits per heavy atom. The molecule has 158 valence electrons. The van der Waals surface area contributed by atoms with E-state index in [2.05, 4.69) is 6.08 Å². The van der Waals surface area contributed by atoms with Crippen molar-refractivity contribution in [2.75, 3.05) is 26.4 Å². The zero-order valence-electron chi connectivity index (χ0n) is 16.9. The van der Waals surface area contributed by atoms with Crippen molar-refractivity contribution in [2.24, 2.45) is 28.6 Å². The molecule has 2 aliphatic heterocycles. The maximum atomic E-state index is 12.6. The fourth-order valence-electron chi connectivity index (χ4n) is 8.08. The van der Waals surface area contributed by atoms with E-state index in [1.807, 2.05) is 0 Å². The number of aldehydes is 2. The zero-order chi connectivity index (χ0) is 19.7. The molecular weight excluding hydrogens is 372 g/mol. The second-order valence-corrected chi connectivity index (χ2v) is 9.97. The highest BCUT2D eigenvalue weighted by Crippen LogP contribution is 2.68. The lowest BCUT2D eigenvalue weighted by Gasteiger charge is -2.58. The van der Waals surface area contributed by atoms with Gasteiger partial charge in [0.05, 0.1) is 37.3 Å². The van der Waals surface area contributed by atoms with E-state index in [-0.39, 0.29) is 11.8 Å². The van der Waals surface area contributed by atoms with Crippen LogP contribution in [0.5, 0.6) is 0 Å². The second-order valence-electron chi connectivity index (χ2n) is 9.97. The summed E-state index contributed by atoms with van der Waals surface area (Å²) in [4.78, 5) is 25.1. The number of hydrogen-bond donors (Lipinski definition) is 0. The van der Waals surface area contributed by atoms with Gasteiger partial charge in [-0.25, -0.2) is 0 Å². The fourth-order valence-corrected chi connectivity index (χ4v) is 8.08. The van der Waals surface area contributed by atoms with Gasteiger partial charge < -0.3 is 28.5 Å². The van der Waals surface area contributed by atoms with Gasteiger partial charge in [0.1, 0.15) is 12.6 Å². The van der Waals surface area contributed by atoms with Gasteiger partial charge >= 0.3 is 0 Å². The van der Waals surface area contributed by atoms with Gasteiger partial charge in [0, 0.05) is 19.3 Å². The van der Waals surface area contributed by atoms with Crippen molar-refractivity contribution in [2.45, 2.75) is 62.9 Å². The molecule has 5 atom stereocenters. The summed E-state index contributed by atoms with van der Waals surface area (Å²) in [5, 5.41) is 0. The lowest BCUT2D eigenvalue weighted by atomic mass is 9.47. The van der Waals surface area contributed by atoms with Crippen LogP contribution in [0.4, 0.5) is 0 Å². The summed E-state index contributed by atoms with van der Waals surface area (Å²) in [5.74, 6) is -0.413. The quantitative estimate of drug-likeness (QED) is 0.523. The minimum Gasteiger partial charge on any atom is -0.347 e. The lowest BCUT2D eigenvalue weighted by Crippen LogP contribution is -2.58. The number of carbonyl (C=O) groups is 2. The Morgan fingerprint density at radius 3 is 2.28 bits per heavy atom. The van der Waals surface area contributed by atoms with Crippen molar-refractivity contribution >= 4 is 12.6 Å². The molecule has 6 aliphatic rings. The molecule has 5 fully saturated rings. The molecule has 2 spiro atoms. The van der Waals surface area contributed by atoms with Crippen LogP contribution in [0.1, 0.15) is 51.4 Å². The highest BCUT2D eigenvalue weighted by Gasteiger charge is 2.70. The Labute approximate surface area is 171 Å². The summed E-state index contributed by atoms with van der Waals surface area (Å²) in [6, 6.07) is 0. The van der Waals surface area contributed by atoms with Gasteiger partial charge in [-0.3, -0.25) is 0 Å². The first kappa shape index (κ1) is 18.7. The largest absolute Gasteiger partial charge is 0.347 e. The Kier molecular flexibility index (Phi) is 4.00. The van der Waals surface area contributed by atoms with Crippen LogP contribution in [0.25, 0.3) is 0 Å². The van der Waals surface area contributed by atoms with E-state index < -0.39 is 22.4 Å². The van der Waals surface area contributed by atoms with Crippen molar-refractivity contribution in [3.63, 3.8) is 0 Å². The SMILES string of the molecule is O=C[C@]12CCC3(CC1=CC[C@@H]1[C@@H]2CC[C@@]2(C=O)[C@H]1CCC21OCCO1)OCCO3. The van der Waals surface area contributed by atoms with E-state index >= 15 is 0 Å². The summed E-state index contributed by atoms with van der Waals surface area (Å²) < 4.78 is 24.1. The van der Waals surface area contributed by atoms with Crippen LogP contribution in [0.3, 0.4) is 0 Å². The van der Waals surface area contributed by atoms with Crippen molar-refractivity contribution in [1.29, 1.82) is 0 Å². The van der Waals surface area contributed by atoms with E-state index in [9.17, 15) is 9.59 Å². The molecule has 29 heavy (non-hydrogen) atoms. The fraction of sp³-hybridized carbons (Fsp3) is 0.826. The number of hydrogen-bond acceptors (Lipinski definition) is 6. The Hall–Kier alpha value is -1.08. The van der Waals surface area contributed by atoms with Crippen LogP contribution in [-0.4, -0.2) is 50.6 Å². The third kappa shape index (κ3) is 2.21. The van der Waals surface area contributed by atoms with Gasteiger partial charge in [0.25, 0.3) is 0 Å². The molecular formula is C23H30O6. The molecule has 2 heterocycles. The molecule has 0 unspecified atom stereocenters. The highest BCUT2D eigenvalue weighted by atomic mass is 16.7. The van der Waals surface area contributed by atoms with Crippen LogP contribution in [0, 0.1) is 28.6 Å². The minimum atomic E-state index is -0.731. The summed E-state index contributed by atoms with van der Waals surface area (Å²) >= 11 is 0. The second kappa shape index (κ2) is 6.22. The maximum Gasteiger partial charge on any atom is 0.180 e. The van der Waals surface area contributed by atoms with Gasteiger partial charge in [-0.1, -0.05) is 11.6 Å². The molecule has 0 amide bonds. The number of rotatable bonds is 2. The zero-order valence-corrected chi connectivity index (χ0v) is 16.9. The highest BCUT2D eigenvalue weighted by molar-refractivity contribution is 5.69. The van der Waals surface area contributed by atoms with Crippen molar-refractivity contribution < 1.29 is 28.5 Å². The standard InChI is InChI=1S/C23H30O6/c24-14-20-7-8-22(26-9-10-27-22)13-16(20)1-2-17-18(20)3-5-21(15-25)19(17)4-6-23(21)28-11-12-29-23/h1,14-15,17-19H,2-13H2/t17-,18+,19+,20-,21-/m1/s1. The van der Waals surface area contributed by atoms with Crippen LogP contribution in [0.2, 0.25) is 0 Å². The molecule has 0 aromatic carbocycles. The van der Waals surface area contributed by atoms with Crippen molar-refractivity contribution in [3.05, 3.63) is 11.6 Å². The minimum absolute atomic E-state index is 0.223. The molecule has 0 bridgehead atoms. The summed E-state index contributed by atoms with van der Waals surface area (Å²) in [7, 11) is 0. The van der Waals surface area contributed by atoms with Crippen LogP contribution in [-0.2, 0) is 28.5 Å². The first-order chi connectivity index (χ1) is 14.1. The molecule has 0 aromatic heterocycles. The molecule has 6 heteroatoms. The van der Waals surface area contributed by atoms with Gasteiger partial charge in [-0.15, -0.1) is 0 Å². The smallest absolute Gasteiger partial charge is 0.180 e. The van der Waals surface area contributed by atoms with Gasteiger partial charge in [-0.05, 0) is 49.9 Å². The topological polar surface area (TPSA) is 71.1 Å². The first-order valence-electron chi connectivity index (χ1n) is 11.3.